The van der Waals surface area contributed by atoms with Crippen LogP contribution >= 0.6 is 15.9 Å². The summed E-state index contributed by atoms with van der Waals surface area (Å²) in [4.78, 5) is 9.71. The normalized spacial score (nSPS) is 9.77. The molecule has 1 aromatic carbocycles. The smallest absolute Gasteiger partial charge is 0.290 e. The quantitative estimate of drug-likeness (QED) is 0.598. The summed E-state index contributed by atoms with van der Waals surface area (Å²) < 4.78 is 17.6. The Kier molecular flexibility index (Phi) is 2.82. The number of halogens is 2. The van der Waals surface area contributed by atoms with Crippen LogP contribution in [0.1, 0.15) is 0 Å². The standard InChI is InChI=1S/C7H5BrFNO3/c1-13-6-3-4(9)2-5(7(6)8)10(11)12/h2-3H,1H3. The molecule has 0 heterocycles. The lowest BCUT2D eigenvalue weighted by molar-refractivity contribution is -0.385. The van der Waals surface area contributed by atoms with Crippen molar-refractivity contribution in [3.63, 3.8) is 0 Å². The van der Waals surface area contributed by atoms with Crippen molar-refractivity contribution in [2.24, 2.45) is 0 Å². The Morgan fingerprint density at radius 1 is 1.62 bits per heavy atom. The number of methoxy groups -OCH3 is 1. The molecule has 1 rings (SSSR count). The van der Waals surface area contributed by atoms with Gasteiger partial charge in [-0.1, -0.05) is 0 Å². The van der Waals surface area contributed by atoms with E-state index in [1.165, 1.54) is 7.11 Å². The van der Waals surface area contributed by atoms with Crippen LogP contribution in [0.4, 0.5) is 10.1 Å². The van der Waals surface area contributed by atoms with Crippen LogP contribution in [-0.2, 0) is 0 Å². The highest BCUT2D eigenvalue weighted by Gasteiger charge is 2.18. The van der Waals surface area contributed by atoms with Crippen LogP contribution in [-0.4, -0.2) is 12.0 Å². The molecule has 0 aliphatic rings. The van der Waals surface area contributed by atoms with Crippen molar-refractivity contribution in [1.29, 1.82) is 0 Å². The molecule has 0 saturated carbocycles. The molecule has 0 amide bonds. The van der Waals surface area contributed by atoms with Crippen LogP contribution in [0.25, 0.3) is 0 Å². The van der Waals surface area contributed by atoms with Crippen LogP contribution in [0, 0.1) is 15.9 Å². The molecule has 0 bridgehead atoms. The van der Waals surface area contributed by atoms with Gasteiger partial charge in [0.25, 0.3) is 5.69 Å². The van der Waals surface area contributed by atoms with Gasteiger partial charge in [0.1, 0.15) is 16.0 Å². The SMILES string of the molecule is COc1cc(F)cc([N+](=O)[O-])c1Br. The summed E-state index contributed by atoms with van der Waals surface area (Å²) in [5.41, 5.74) is -0.350. The summed E-state index contributed by atoms with van der Waals surface area (Å²) in [6.45, 7) is 0. The second kappa shape index (κ2) is 3.69. The van der Waals surface area contributed by atoms with Gasteiger partial charge in [0.2, 0.25) is 0 Å². The highest BCUT2D eigenvalue weighted by Crippen LogP contribution is 2.34. The minimum Gasteiger partial charge on any atom is -0.495 e. The molecule has 0 unspecified atom stereocenters. The lowest BCUT2D eigenvalue weighted by Gasteiger charge is -2.02. The van der Waals surface area contributed by atoms with E-state index in [9.17, 15) is 14.5 Å². The van der Waals surface area contributed by atoms with Crippen LogP contribution in [0.5, 0.6) is 5.75 Å². The molecule has 13 heavy (non-hydrogen) atoms. The molecule has 0 aromatic heterocycles. The van der Waals surface area contributed by atoms with Crippen LogP contribution < -0.4 is 4.74 Å². The third kappa shape index (κ3) is 1.95. The van der Waals surface area contributed by atoms with Crippen LogP contribution in [0.2, 0.25) is 0 Å². The highest BCUT2D eigenvalue weighted by atomic mass is 79.9. The average molecular weight is 250 g/mol. The second-order valence-electron chi connectivity index (χ2n) is 2.20. The van der Waals surface area contributed by atoms with Gasteiger partial charge in [-0.05, 0) is 15.9 Å². The van der Waals surface area contributed by atoms with E-state index in [0.29, 0.717) is 0 Å². The molecule has 0 atom stereocenters. The van der Waals surface area contributed by atoms with Gasteiger partial charge < -0.3 is 4.74 Å². The zero-order valence-corrected chi connectivity index (χ0v) is 8.17. The molecule has 4 nitrogen and oxygen atoms in total. The fourth-order valence-corrected chi connectivity index (χ4v) is 1.37. The zero-order chi connectivity index (χ0) is 10.0. The highest BCUT2D eigenvalue weighted by molar-refractivity contribution is 9.10. The molecular weight excluding hydrogens is 245 g/mol. The largest absolute Gasteiger partial charge is 0.495 e. The van der Waals surface area contributed by atoms with Gasteiger partial charge in [-0.25, -0.2) is 4.39 Å². The molecule has 0 N–H and O–H groups in total. The van der Waals surface area contributed by atoms with Crippen molar-refractivity contribution in [3.8, 4) is 5.75 Å². The molecule has 0 radical (unpaired) electrons. The number of nitro groups is 1. The number of hydrogen-bond donors (Lipinski definition) is 0. The molecule has 0 fully saturated rings. The van der Waals surface area contributed by atoms with Gasteiger partial charge in [0.05, 0.1) is 18.1 Å². The van der Waals surface area contributed by atoms with Crippen molar-refractivity contribution in [1.82, 2.24) is 0 Å². The number of hydrogen-bond acceptors (Lipinski definition) is 3. The predicted octanol–water partition coefficient (Wildman–Crippen LogP) is 2.51. The Hall–Kier alpha value is -1.17. The summed E-state index contributed by atoms with van der Waals surface area (Å²) in [6.07, 6.45) is 0. The summed E-state index contributed by atoms with van der Waals surface area (Å²) >= 11 is 2.94. The van der Waals surface area contributed by atoms with E-state index in [4.69, 9.17) is 4.74 Å². The Labute approximate surface area is 81.6 Å². The van der Waals surface area contributed by atoms with Crippen molar-refractivity contribution >= 4 is 21.6 Å². The average Bonchev–Trinajstić information content (AvgIpc) is 2.08. The Morgan fingerprint density at radius 2 is 2.23 bits per heavy atom. The molecule has 0 saturated heterocycles. The van der Waals surface area contributed by atoms with E-state index in [1.807, 2.05) is 0 Å². The minimum atomic E-state index is -0.702. The van der Waals surface area contributed by atoms with Crippen LogP contribution in [0.3, 0.4) is 0 Å². The lowest BCUT2D eigenvalue weighted by Crippen LogP contribution is -1.94. The number of rotatable bonds is 2. The zero-order valence-electron chi connectivity index (χ0n) is 6.58. The summed E-state index contributed by atoms with van der Waals surface area (Å²) in [5, 5.41) is 10.4. The molecular formula is C7H5BrFNO3. The van der Waals surface area contributed by atoms with E-state index >= 15 is 0 Å². The Bertz CT molecular complexity index is 356. The van der Waals surface area contributed by atoms with Gasteiger partial charge in [0, 0.05) is 6.07 Å². The third-order valence-corrected chi connectivity index (χ3v) is 2.20. The van der Waals surface area contributed by atoms with Crippen molar-refractivity contribution in [2.75, 3.05) is 7.11 Å². The number of ether oxygens (including phenoxy) is 1. The topological polar surface area (TPSA) is 52.4 Å². The van der Waals surface area contributed by atoms with E-state index in [2.05, 4.69) is 15.9 Å². The fraction of sp³-hybridized carbons (Fsp3) is 0.143. The number of nitro benzene ring substituents is 1. The maximum absolute atomic E-state index is 12.7. The first-order chi connectivity index (χ1) is 6.06. The van der Waals surface area contributed by atoms with Crippen molar-refractivity contribution in [3.05, 3.63) is 32.5 Å². The number of benzene rings is 1. The van der Waals surface area contributed by atoms with Crippen LogP contribution in [0.15, 0.2) is 16.6 Å². The summed E-state index contributed by atoms with van der Waals surface area (Å²) in [7, 11) is 1.31. The van der Waals surface area contributed by atoms with Crippen molar-refractivity contribution in [2.45, 2.75) is 0 Å². The van der Waals surface area contributed by atoms with Crippen molar-refractivity contribution < 1.29 is 14.1 Å². The molecule has 0 aliphatic carbocycles. The van der Waals surface area contributed by atoms with E-state index < -0.39 is 10.7 Å². The fourth-order valence-electron chi connectivity index (χ4n) is 0.832. The second-order valence-corrected chi connectivity index (χ2v) is 2.99. The molecule has 6 heteroatoms. The van der Waals surface area contributed by atoms with Gasteiger partial charge in [-0.15, -0.1) is 0 Å². The Morgan fingerprint density at radius 3 is 2.69 bits per heavy atom. The van der Waals surface area contributed by atoms with Gasteiger partial charge in [-0.3, -0.25) is 10.1 Å². The third-order valence-electron chi connectivity index (χ3n) is 1.40. The first kappa shape index (κ1) is 9.91. The molecule has 70 valence electrons. The molecule has 0 aliphatic heterocycles. The van der Waals surface area contributed by atoms with E-state index in [-0.39, 0.29) is 15.9 Å². The first-order valence-electron chi connectivity index (χ1n) is 3.23. The molecule has 1 aromatic rings. The summed E-state index contributed by atoms with van der Waals surface area (Å²) in [6, 6.07) is 1.89. The minimum absolute atomic E-state index is 0.103. The first-order valence-corrected chi connectivity index (χ1v) is 4.03. The van der Waals surface area contributed by atoms with Gasteiger partial charge >= 0.3 is 0 Å². The molecule has 0 spiro atoms. The summed E-state index contributed by atoms with van der Waals surface area (Å²) in [5.74, 6) is -0.599. The van der Waals surface area contributed by atoms with Gasteiger partial charge in [0.15, 0.2) is 0 Å². The Balaban J connectivity index is 3.35. The maximum Gasteiger partial charge on any atom is 0.290 e. The monoisotopic (exact) mass is 249 g/mol. The lowest BCUT2D eigenvalue weighted by atomic mass is 10.3. The van der Waals surface area contributed by atoms with Gasteiger partial charge in [-0.2, -0.15) is 0 Å². The van der Waals surface area contributed by atoms with E-state index in [1.54, 1.807) is 0 Å². The number of nitrogens with zero attached hydrogens (tertiary/aromatic N) is 1. The predicted molar refractivity (Wildman–Crippen MR) is 47.3 cm³/mol. The maximum atomic E-state index is 12.7. The van der Waals surface area contributed by atoms with E-state index in [0.717, 1.165) is 12.1 Å².